The maximum Gasteiger partial charge on any atom is 0.258 e. The number of halogens is 2. The standard InChI is InChI=1S/C19H18ClFN2O4/c1-11-13(6-22-27-11)16(24)5-18-8-19(9-18,10-18)23-17(25)7-26-12-2-3-14(20)15(21)4-12/h2-4,6H,5,7-10H2,1H3,(H,23,25). The highest BCUT2D eigenvalue weighted by molar-refractivity contribution is 6.30. The number of Topliss-reactive ketones (excluding diaryl/α,β-unsaturated/α-hetero) is 1. The topological polar surface area (TPSA) is 81.4 Å². The van der Waals surface area contributed by atoms with E-state index >= 15 is 0 Å². The molecule has 0 saturated heterocycles. The minimum atomic E-state index is -0.594. The van der Waals surface area contributed by atoms with Crippen LogP contribution in [0.5, 0.6) is 5.75 Å². The summed E-state index contributed by atoms with van der Waals surface area (Å²) < 4.78 is 23.6. The van der Waals surface area contributed by atoms with Gasteiger partial charge in [-0.1, -0.05) is 16.8 Å². The number of ketones is 1. The molecule has 1 aromatic heterocycles. The quantitative estimate of drug-likeness (QED) is 0.730. The number of hydrogen-bond donors (Lipinski definition) is 1. The van der Waals surface area contributed by atoms with E-state index in [0.29, 0.717) is 17.7 Å². The predicted octanol–water partition coefficient (Wildman–Crippen LogP) is 3.47. The second kappa shape index (κ2) is 6.34. The van der Waals surface area contributed by atoms with E-state index in [1.165, 1.54) is 18.3 Å². The maximum atomic E-state index is 13.4. The van der Waals surface area contributed by atoms with Gasteiger partial charge in [-0.2, -0.15) is 0 Å². The predicted molar refractivity (Wildman–Crippen MR) is 94.3 cm³/mol. The highest BCUT2D eigenvalue weighted by Gasteiger charge is 2.68. The minimum Gasteiger partial charge on any atom is -0.484 e. The van der Waals surface area contributed by atoms with Gasteiger partial charge in [-0.25, -0.2) is 4.39 Å². The molecule has 5 rings (SSSR count). The van der Waals surface area contributed by atoms with E-state index in [2.05, 4.69) is 10.5 Å². The molecule has 8 heteroatoms. The monoisotopic (exact) mass is 392 g/mol. The van der Waals surface area contributed by atoms with Crippen molar-refractivity contribution < 1.29 is 23.2 Å². The number of carbonyl (C=O) groups excluding carboxylic acids is 2. The number of amides is 1. The van der Waals surface area contributed by atoms with Crippen LogP contribution in [0.25, 0.3) is 0 Å². The van der Waals surface area contributed by atoms with Gasteiger partial charge in [-0.15, -0.1) is 0 Å². The molecule has 0 atom stereocenters. The Hall–Kier alpha value is -2.41. The van der Waals surface area contributed by atoms with Gasteiger partial charge in [0.2, 0.25) is 0 Å². The number of carbonyl (C=O) groups is 2. The number of rotatable bonds is 7. The molecule has 1 heterocycles. The van der Waals surface area contributed by atoms with E-state index in [1.807, 2.05) is 0 Å². The van der Waals surface area contributed by atoms with Crippen molar-refractivity contribution in [3.63, 3.8) is 0 Å². The molecule has 3 saturated carbocycles. The molecule has 142 valence electrons. The Morgan fingerprint density at radius 2 is 2.11 bits per heavy atom. The number of benzene rings is 1. The average Bonchev–Trinajstić information content (AvgIpc) is 2.99. The van der Waals surface area contributed by atoms with E-state index in [9.17, 15) is 14.0 Å². The fourth-order valence-corrected chi connectivity index (χ4v) is 4.49. The van der Waals surface area contributed by atoms with Crippen molar-refractivity contribution in [3.8, 4) is 5.75 Å². The van der Waals surface area contributed by atoms with Gasteiger partial charge < -0.3 is 14.6 Å². The average molecular weight is 393 g/mol. The molecule has 27 heavy (non-hydrogen) atoms. The van der Waals surface area contributed by atoms with Gasteiger partial charge in [-0.3, -0.25) is 9.59 Å². The van der Waals surface area contributed by atoms with Crippen molar-refractivity contribution >= 4 is 23.3 Å². The third kappa shape index (κ3) is 3.32. The lowest BCUT2D eigenvalue weighted by Crippen LogP contribution is -2.75. The van der Waals surface area contributed by atoms with Crippen molar-refractivity contribution in [1.29, 1.82) is 0 Å². The summed E-state index contributed by atoms with van der Waals surface area (Å²) in [5.41, 5.74) is 0.255. The third-order valence-electron chi connectivity index (χ3n) is 5.39. The van der Waals surface area contributed by atoms with E-state index in [1.54, 1.807) is 6.92 Å². The molecular weight excluding hydrogens is 375 g/mol. The van der Waals surface area contributed by atoms with Crippen molar-refractivity contribution in [1.82, 2.24) is 10.5 Å². The molecule has 6 nitrogen and oxygen atoms in total. The van der Waals surface area contributed by atoms with E-state index in [4.69, 9.17) is 20.9 Å². The first-order valence-electron chi connectivity index (χ1n) is 8.63. The van der Waals surface area contributed by atoms with Crippen molar-refractivity contribution in [2.75, 3.05) is 6.61 Å². The first-order chi connectivity index (χ1) is 12.8. The third-order valence-corrected chi connectivity index (χ3v) is 5.70. The number of ether oxygens (including phenoxy) is 1. The van der Waals surface area contributed by atoms with Gasteiger partial charge in [0.15, 0.2) is 12.4 Å². The van der Waals surface area contributed by atoms with E-state index in [-0.39, 0.29) is 40.0 Å². The SMILES string of the molecule is Cc1oncc1C(=O)CC12CC(NC(=O)COc3ccc(Cl)c(F)c3)(C1)C2. The number of hydrogen-bond acceptors (Lipinski definition) is 5. The number of nitrogens with zero attached hydrogens (tertiary/aromatic N) is 1. The second-order valence-electron chi connectivity index (χ2n) is 7.62. The van der Waals surface area contributed by atoms with Gasteiger partial charge in [0.1, 0.15) is 17.3 Å². The van der Waals surface area contributed by atoms with Gasteiger partial charge in [0.05, 0.1) is 16.8 Å². The molecule has 3 aliphatic rings. The summed E-state index contributed by atoms with van der Waals surface area (Å²) in [5.74, 6) is -0.0498. The van der Waals surface area contributed by atoms with Crippen LogP contribution in [0.2, 0.25) is 5.02 Å². The van der Waals surface area contributed by atoms with Gasteiger partial charge >= 0.3 is 0 Å². The molecule has 2 aromatic rings. The van der Waals surface area contributed by atoms with Crippen LogP contribution in [0.4, 0.5) is 4.39 Å². The molecule has 2 bridgehead atoms. The van der Waals surface area contributed by atoms with Gasteiger partial charge in [0, 0.05) is 18.0 Å². The Labute approximate surface area is 160 Å². The van der Waals surface area contributed by atoms with Gasteiger partial charge in [-0.05, 0) is 43.7 Å². The van der Waals surface area contributed by atoms with Crippen LogP contribution in [0, 0.1) is 18.2 Å². The fourth-order valence-electron chi connectivity index (χ4n) is 4.37. The minimum absolute atomic E-state index is 0.00177. The zero-order chi connectivity index (χ0) is 19.2. The van der Waals surface area contributed by atoms with E-state index in [0.717, 1.165) is 25.3 Å². The molecule has 0 aliphatic heterocycles. The Kier molecular flexibility index (Phi) is 4.22. The summed E-state index contributed by atoms with van der Waals surface area (Å²) >= 11 is 5.61. The zero-order valence-corrected chi connectivity index (χ0v) is 15.4. The Morgan fingerprint density at radius 3 is 2.74 bits per heavy atom. The molecule has 3 aliphatic carbocycles. The molecule has 0 radical (unpaired) electrons. The summed E-state index contributed by atoms with van der Waals surface area (Å²) in [6.07, 6.45) is 4.22. The lowest BCUT2D eigenvalue weighted by molar-refractivity contribution is -0.164. The van der Waals surface area contributed by atoms with Crippen LogP contribution in [-0.4, -0.2) is 29.0 Å². The van der Waals surface area contributed by atoms with Gasteiger partial charge in [0.25, 0.3) is 5.91 Å². The first-order valence-corrected chi connectivity index (χ1v) is 9.01. The molecule has 3 fully saturated rings. The van der Waals surface area contributed by atoms with Crippen LogP contribution >= 0.6 is 11.6 Å². The van der Waals surface area contributed by atoms with Crippen LogP contribution in [0.3, 0.4) is 0 Å². The Morgan fingerprint density at radius 1 is 1.37 bits per heavy atom. The molecular formula is C19H18ClFN2O4. The van der Waals surface area contributed by atoms with Crippen LogP contribution < -0.4 is 10.1 Å². The second-order valence-corrected chi connectivity index (χ2v) is 8.03. The van der Waals surface area contributed by atoms with Crippen LogP contribution in [-0.2, 0) is 4.79 Å². The lowest BCUT2D eigenvalue weighted by Gasteiger charge is -2.70. The Bertz CT molecular complexity index is 906. The van der Waals surface area contributed by atoms with Crippen molar-refractivity contribution in [2.45, 2.75) is 38.1 Å². The summed E-state index contributed by atoms with van der Waals surface area (Å²) in [6, 6.07) is 4.03. The van der Waals surface area contributed by atoms with Crippen LogP contribution in [0.1, 0.15) is 41.8 Å². The lowest BCUT2D eigenvalue weighted by atomic mass is 9.38. The van der Waals surface area contributed by atoms with E-state index < -0.39 is 5.82 Å². The van der Waals surface area contributed by atoms with Crippen molar-refractivity contribution in [3.05, 3.63) is 46.6 Å². The molecule has 0 spiro atoms. The Balaban J connectivity index is 1.24. The largest absolute Gasteiger partial charge is 0.484 e. The summed E-state index contributed by atoms with van der Waals surface area (Å²) in [4.78, 5) is 24.5. The highest BCUT2D eigenvalue weighted by atomic mass is 35.5. The number of aromatic nitrogens is 1. The highest BCUT2D eigenvalue weighted by Crippen LogP contribution is 2.69. The smallest absolute Gasteiger partial charge is 0.258 e. The fraction of sp³-hybridized carbons (Fsp3) is 0.421. The maximum absolute atomic E-state index is 13.4. The molecule has 1 aromatic carbocycles. The van der Waals surface area contributed by atoms with Crippen LogP contribution in [0.15, 0.2) is 28.9 Å². The summed E-state index contributed by atoms with van der Waals surface area (Å²) in [6.45, 7) is 1.52. The first kappa shape index (κ1) is 18.0. The number of aryl methyl sites for hydroxylation is 1. The normalized spacial score (nSPS) is 25.3. The number of nitrogens with one attached hydrogen (secondary N) is 1. The summed E-state index contributed by atoms with van der Waals surface area (Å²) in [7, 11) is 0. The van der Waals surface area contributed by atoms with Crippen molar-refractivity contribution in [2.24, 2.45) is 5.41 Å². The molecule has 1 amide bonds. The summed E-state index contributed by atoms with van der Waals surface area (Å²) in [5, 5.41) is 6.62. The molecule has 0 unspecified atom stereocenters. The zero-order valence-electron chi connectivity index (χ0n) is 14.7. The molecule has 1 N–H and O–H groups in total.